The van der Waals surface area contributed by atoms with Crippen molar-refractivity contribution in [1.29, 1.82) is 0 Å². The summed E-state index contributed by atoms with van der Waals surface area (Å²) in [6.07, 6.45) is 8.32. The molecule has 0 saturated carbocycles. The van der Waals surface area contributed by atoms with E-state index in [-0.39, 0.29) is 5.78 Å². The van der Waals surface area contributed by atoms with Gasteiger partial charge in [0.1, 0.15) is 0 Å². The van der Waals surface area contributed by atoms with Crippen LogP contribution in [0.15, 0.2) is 67.1 Å². The van der Waals surface area contributed by atoms with Gasteiger partial charge in [-0.15, -0.1) is 0 Å². The maximum atomic E-state index is 11.9. The van der Waals surface area contributed by atoms with E-state index in [2.05, 4.69) is 9.97 Å². The number of carbonyl (C=O) groups is 1. The Morgan fingerprint density at radius 2 is 1.85 bits per heavy atom. The van der Waals surface area contributed by atoms with Crippen LogP contribution in [0.4, 0.5) is 0 Å². The van der Waals surface area contributed by atoms with E-state index in [1.54, 1.807) is 42.9 Å². The number of ketones is 1. The van der Waals surface area contributed by atoms with Gasteiger partial charge in [-0.25, -0.2) is 0 Å². The fraction of sp³-hybridized carbons (Fsp3) is 0. The number of carbonyl (C=O) groups excluding carboxylic acids is 1. The van der Waals surface area contributed by atoms with E-state index < -0.39 is 0 Å². The van der Waals surface area contributed by atoms with Crippen LogP contribution in [0.2, 0.25) is 0 Å². The highest BCUT2D eigenvalue weighted by Crippen LogP contribution is 2.14. The summed E-state index contributed by atoms with van der Waals surface area (Å²) >= 11 is 0. The van der Waals surface area contributed by atoms with Gasteiger partial charge in [-0.1, -0.05) is 18.2 Å². The topological polar surface area (TPSA) is 42.9 Å². The lowest BCUT2D eigenvalue weighted by Crippen LogP contribution is -1.93. The molecule has 0 fully saturated rings. The first-order chi connectivity index (χ1) is 9.83. The number of fused-ring (bicyclic) bond motifs is 1. The van der Waals surface area contributed by atoms with Gasteiger partial charge in [-0.05, 0) is 42.0 Å². The molecule has 0 aliphatic heterocycles. The highest BCUT2D eigenvalue weighted by atomic mass is 16.1. The number of aromatic nitrogens is 2. The van der Waals surface area contributed by atoms with Crippen molar-refractivity contribution in [1.82, 2.24) is 9.97 Å². The standard InChI is InChI=1S/C17H12N2O/c20-17(14-7-9-18-10-8-14)6-5-13-11-15-3-1-2-4-16(15)19-12-13/h1-12H. The van der Waals surface area contributed by atoms with Crippen molar-refractivity contribution < 1.29 is 4.79 Å². The molecule has 0 atom stereocenters. The number of hydrogen-bond donors (Lipinski definition) is 0. The molecular weight excluding hydrogens is 248 g/mol. The molecule has 0 spiro atoms. The van der Waals surface area contributed by atoms with Crippen LogP contribution in [0.25, 0.3) is 17.0 Å². The molecule has 3 rings (SSSR count). The predicted molar refractivity (Wildman–Crippen MR) is 79.3 cm³/mol. The molecule has 0 saturated heterocycles. The zero-order valence-electron chi connectivity index (χ0n) is 10.7. The molecule has 3 aromatic rings. The molecule has 3 heteroatoms. The smallest absolute Gasteiger partial charge is 0.185 e. The molecule has 2 heterocycles. The number of pyridine rings is 2. The van der Waals surface area contributed by atoms with E-state index >= 15 is 0 Å². The lowest BCUT2D eigenvalue weighted by atomic mass is 10.1. The molecule has 0 unspecified atom stereocenters. The zero-order chi connectivity index (χ0) is 13.8. The van der Waals surface area contributed by atoms with E-state index in [1.165, 1.54) is 0 Å². The second-order valence-corrected chi connectivity index (χ2v) is 4.39. The second kappa shape index (κ2) is 5.45. The highest BCUT2D eigenvalue weighted by Gasteiger charge is 2.00. The Labute approximate surface area is 116 Å². The van der Waals surface area contributed by atoms with Crippen LogP contribution in [0.3, 0.4) is 0 Å². The maximum absolute atomic E-state index is 11.9. The highest BCUT2D eigenvalue weighted by molar-refractivity contribution is 6.06. The SMILES string of the molecule is O=C(C=Cc1cnc2ccccc2c1)c1ccncc1. The summed E-state index contributed by atoms with van der Waals surface area (Å²) in [5, 5.41) is 1.06. The number of benzene rings is 1. The second-order valence-electron chi connectivity index (χ2n) is 4.39. The number of rotatable bonds is 3. The zero-order valence-corrected chi connectivity index (χ0v) is 10.7. The van der Waals surface area contributed by atoms with Crippen LogP contribution in [0, 0.1) is 0 Å². The van der Waals surface area contributed by atoms with Crippen LogP contribution in [-0.2, 0) is 0 Å². The summed E-state index contributed by atoms with van der Waals surface area (Å²) in [7, 11) is 0. The summed E-state index contributed by atoms with van der Waals surface area (Å²) in [4.78, 5) is 20.2. The van der Waals surface area contributed by atoms with Gasteiger partial charge in [0.15, 0.2) is 5.78 Å². The Bertz CT molecular complexity index is 779. The van der Waals surface area contributed by atoms with E-state index in [4.69, 9.17) is 0 Å². The van der Waals surface area contributed by atoms with Crippen molar-refractivity contribution in [2.75, 3.05) is 0 Å². The lowest BCUT2D eigenvalue weighted by molar-refractivity contribution is 0.104. The first kappa shape index (κ1) is 12.2. The molecule has 0 N–H and O–H groups in total. The summed E-state index contributed by atoms with van der Waals surface area (Å²) < 4.78 is 0. The fourth-order valence-corrected chi connectivity index (χ4v) is 1.96. The predicted octanol–water partition coefficient (Wildman–Crippen LogP) is 3.53. The molecule has 0 amide bonds. The largest absolute Gasteiger partial charge is 0.289 e. The molecule has 96 valence electrons. The van der Waals surface area contributed by atoms with E-state index in [0.717, 1.165) is 16.5 Å². The Morgan fingerprint density at radius 1 is 1.05 bits per heavy atom. The minimum atomic E-state index is -0.0411. The van der Waals surface area contributed by atoms with Crippen molar-refractivity contribution in [3.63, 3.8) is 0 Å². The van der Waals surface area contributed by atoms with Crippen LogP contribution in [-0.4, -0.2) is 15.8 Å². The maximum Gasteiger partial charge on any atom is 0.185 e. The van der Waals surface area contributed by atoms with Crippen LogP contribution >= 0.6 is 0 Å². The molecule has 1 aromatic carbocycles. The quantitative estimate of drug-likeness (QED) is 0.534. The number of nitrogens with zero attached hydrogens (tertiary/aromatic N) is 2. The number of para-hydroxylation sites is 1. The van der Waals surface area contributed by atoms with Crippen molar-refractivity contribution in [3.05, 3.63) is 78.3 Å². The normalized spacial score (nSPS) is 11.0. The first-order valence-electron chi connectivity index (χ1n) is 6.30. The Balaban J connectivity index is 1.85. The van der Waals surface area contributed by atoms with E-state index in [9.17, 15) is 4.79 Å². The third-order valence-electron chi connectivity index (χ3n) is 3.00. The molecule has 0 aliphatic carbocycles. The summed E-state index contributed by atoms with van der Waals surface area (Å²) in [6.45, 7) is 0. The van der Waals surface area contributed by atoms with Gasteiger partial charge in [0.25, 0.3) is 0 Å². The Kier molecular flexibility index (Phi) is 3.33. The summed E-state index contributed by atoms with van der Waals surface area (Å²) in [6, 6.07) is 13.3. The van der Waals surface area contributed by atoms with Gasteiger partial charge in [0.05, 0.1) is 5.52 Å². The molecule has 20 heavy (non-hydrogen) atoms. The van der Waals surface area contributed by atoms with Gasteiger partial charge in [0.2, 0.25) is 0 Å². The van der Waals surface area contributed by atoms with E-state index in [0.29, 0.717) is 5.56 Å². The Hall–Kier alpha value is -2.81. The van der Waals surface area contributed by atoms with Gasteiger partial charge in [-0.2, -0.15) is 0 Å². The fourth-order valence-electron chi connectivity index (χ4n) is 1.96. The van der Waals surface area contributed by atoms with Gasteiger partial charge in [-0.3, -0.25) is 14.8 Å². The van der Waals surface area contributed by atoms with Crippen molar-refractivity contribution >= 4 is 22.8 Å². The minimum absolute atomic E-state index is 0.0411. The number of allylic oxidation sites excluding steroid dienone is 1. The Morgan fingerprint density at radius 3 is 2.70 bits per heavy atom. The third-order valence-corrected chi connectivity index (χ3v) is 3.00. The van der Waals surface area contributed by atoms with Crippen molar-refractivity contribution in [2.45, 2.75) is 0 Å². The lowest BCUT2D eigenvalue weighted by Gasteiger charge is -1.98. The van der Waals surface area contributed by atoms with Crippen LogP contribution < -0.4 is 0 Å². The minimum Gasteiger partial charge on any atom is -0.289 e. The van der Waals surface area contributed by atoms with Crippen LogP contribution in [0.5, 0.6) is 0 Å². The monoisotopic (exact) mass is 260 g/mol. The molecule has 2 aromatic heterocycles. The molecule has 3 nitrogen and oxygen atoms in total. The molecular formula is C17H12N2O. The number of hydrogen-bond acceptors (Lipinski definition) is 3. The molecule has 0 aliphatic rings. The summed E-state index contributed by atoms with van der Waals surface area (Å²) in [5.41, 5.74) is 2.49. The van der Waals surface area contributed by atoms with Crippen molar-refractivity contribution in [2.24, 2.45) is 0 Å². The van der Waals surface area contributed by atoms with Crippen molar-refractivity contribution in [3.8, 4) is 0 Å². The molecule has 0 bridgehead atoms. The summed E-state index contributed by atoms with van der Waals surface area (Å²) in [5.74, 6) is -0.0411. The van der Waals surface area contributed by atoms with E-state index in [1.807, 2.05) is 30.3 Å². The van der Waals surface area contributed by atoms with Gasteiger partial charge in [0, 0.05) is 29.5 Å². The first-order valence-corrected chi connectivity index (χ1v) is 6.30. The average Bonchev–Trinajstić information content (AvgIpc) is 2.53. The van der Waals surface area contributed by atoms with Crippen LogP contribution in [0.1, 0.15) is 15.9 Å². The van der Waals surface area contributed by atoms with Gasteiger partial charge < -0.3 is 0 Å². The average molecular weight is 260 g/mol. The molecule has 0 radical (unpaired) electrons. The third kappa shape index (κ3) is 2.62. The van der Waals surface area contributed by atoms with Gasteiger partial charge >= 0.3 is 0 Å².